The van der Waals surface area contributed by atoms with E-state index in [1.807, 2.05) is 0 Å². The van der Waals surface area contributed by atoms with Gasteiger partial charge in [-0.1, -0.05) is 407 Å². The molecule has 0 saturated heterocycles. The lowest BCUT2D eigenvalue weighted by atomic mass is 10.0. The number of unbranched alkanes of at least 4 members (excludes halogenated alkanes) is 63. The molecule has 0 unspecified atom stereocenters. The van der Waals surface area contributed by atoms with E-state index in [1.54, 1.807) is 50.3 Å². The Hall–Kier alpha value is 0.430. The van der Waals surface area contributed by atoms with Gasteiger partial charge in [-0.25, -0.2) is 0 Å². The second kappa shape index (κ2) is 69.7. The van der Waals surface area contributed by atoms with E-state index in [4.69, 9.17) is 0 Å². The minimum absolute atomic E-state index is 0.854. The van der Waals surface area contributed by atoms with Gasteiger partial charge in [0.25, 0.3) is 0 Å². The highest BCUT2D eigenvalue weighted by atomic mass is 31.2. The largest absolute Gasteiger partial charge is 0.0654 e. The highest BCUT2D eigenvalue weighted by Crippen LogP contribution is 2.61. The van der Waals surface area contributed by atoms with E-state index in [-0.39, 0.29) is 0 Å². The van der Waals surface area contributed by atoms with Gasteiger partial charge in [0, 0.05) is 7.26 Å². The molecular weight excluding hydrogens is 932 g/mol. The lowest BCUT2D eigenvalue weighted by Crippen LogP contribution is -2.13. The fourth-order valence-electron chi connectivity index (χ4n) is 13.2. The molecule has 0 aliphatic rings. The molecule has 0 radical (unpaired) electrons. The average Bonchev–Trinajstić information content (AvgIpc) is 3.43. The summed E-state index contributed by atoms with van der Waals surface area (Å²) in [6.45, 7) is 9.34. The van der Waals surface area contributed by atoms with Crippen molar-refractivity contribution >= 4 is 7.26 Å². The molecule has 0 aromatic heterocycles. The van der Waals surface area contributed by atoms with Crippen LogP contribution in [0.5, 0.6) is 0 Å². The molecular formula is C75H154P+. The molecule has 0 nitrogen and oxygen atoms in total. The Morgan fingerprint density at radius 1 is 0.105 bits per heavy atom. The standard InChI is InChI=1S/C75H154P/c1-5-9-13-17-21-25-29-33-37-41-45-49-53-57-61-65-69-73-76(72-68-64-60-56-52-48-44-40-36-32-28-24-20-16-12-8-4,74-70-66-62-58-54-50-46-42-38-34-30-26-22-18-14-10-6-2)75-71-67-63-59-55-51-47-43-39-35-31-27-23-19-15-11-7-3/h5-75H2,1-4H3/q+1. The summed E-state index contributed by atoms with van der Waals surface area (Å²) in [5.74, 6) is 0. The molecule has 0 aliphatic heterocycles. The normalized spacial score (nSPS) is 12.0. The predicted molar refractivity (Wildman–Crippen MR) is 358 cm³/mol. The van der Waals surface area contributed by atoms with Crippen molar-refractivity contribution < 1.29 is 0 Å². The van der Waals surface area contributed by atoms with Gasteiger partial charge in [-0.2, -0.15) is 0 Å². The van der Waals surface area contributed by atoms with E-state index in [1.165, 1.54) is 405 Å². The summed E-state index contributed by atoms with van der Waals surface area (Å²) in [4.78, 5) is 0. The fraction of sp³-hybridized carbons (Fsp3) is 1.00. The molecule has 0 atom stereocenters. The third kappa shape index (κ3) is 63.6. The molecule has 0 rings (SSSR count). The van der Waals surface area contributed by atoms with Gasteiger partial charge < -0.3 is 0 Å². The minimum Gasteiger partial charge on any atom is -0.0654 e. The minimum atomic E-state index is -0.854. The Morgan fingerprint density at radius 3 is 0.276 bits per heavy atom. The second-order valence-corrected chi connectivity index (χ2v) is 31.0. The quantitative estimate of drug-likeness (QED) is 0.0421. The van der Waals surface area contributed by atoms with Crippen LogP contribution in [0.15, 0.2) is 0 Å². The third-order valence-corrected chi connectivity index (χ3v) is 23.8. The maximum Gasteiger partial charge on any atom is 0.0594 e. The molecule has 0 N–H and O–H groups in total. The summed E-state index contributed by atoms with van der Waals surface area (Å²) in [6.07, 6.45) is 107. The summed E-state index contributed by atoms with van der Waals surface area (Å²) < 4.78 is 0. The molecule has 0 spiro atoms. The van der Waals surface area contributed by atoms with Gasteiger partial charge in [0.15, 0.2) is 0 Å². The predicted octanol–water partition coefficient (Wildman–Crippen LogP) is 29.2. The summed E-state index contributed by atoms with van der Waals surface area (Å²) in [6, 6.07) is 0. The van der Waals surface area contributed by atoms with E-state index >= 15 is 0 Å². The van der Waals surface area contributed by atoms with Crippen molar-refractivity contribution in [2.24, 2.45) is 0 Å². The van der Waals surface area contributed by atoms with Crippen molar-refractivity contribution in [1.29, 1.82) is 0 Å². The van der Waals surface area contributed by atoms with E-state index < -0.39 is 7.26 Å². The van der Waals surface area contributed by atoms with Gasteiger partial charge in [-0.15, -0.1) is 0 Å². The Kier molecular flexibility index (Phi) is 70.1. The Bertz CT molecular complexity index is 878. The Morgan fingerprint density at radius 2 is 0.184 bits per heavy atom. The number of hydrogen-bond acceptors (Lipinski definition) is 0. The van der Waals surface area contributed by atoms with Crippen LogP contribution in [0, 0.1) is 0 Å². The molecule has 0 heterocycles. The summed E-state index contributed by atoms with van der Waals surface area (Å²) >= 11 is 0. The molecule has 0 amide bonds. The molecule has 1 heteroatoms. The number of hydrogen-bond donors (Lipinski definition) is 0. The second-order valence-electron chi connectivity index (χ2n) is 26.5. The van der Waals surface area contributed by atoms with E-state index in [2.05, 4.69) is 27.7 Å². The fourth-order valence-corrected chi connectivity index (χ4v) is 18.1. The van der Waals surface area contributed by atoms with Crippen LogP contribution in [0.1, 0.15) is 458 Å². The summed E-state index contributed by atoms with van der Waals surface area (Å²) in [5.41, 5.74) is 0. The van der Waals surface area contributed by atoms with Crippen molar-refractivity contribution in [3.63, 3.8) is 0 Å². The highest BCUT2D eigenvalue weighted by molar-refractivity contribution is 7.75. The van der Waals surface area contributed by atoms with Crippen molar-refractivity contribution in [2.75, 3.05) is 24.6 Å². The number of rotatable bonds is 71. The maximum absolute atomic E-state index is 2.34. The lowest BCUT2D eigenvalue weighted by molar-refractivity contribution is 0.527. The van der Waals surface area contributed by atoms with Crippen LogP contribution in [0.2, 0.25) is 0 Å². The van der Waals surface area contributed by atoms with Gasteiger partial charge in [0.05, 0.1) is 24.6 Å². The first-order valence-corrected chi connectivity index (χ1v) is 40.1. The summed E-state index contributed by atoms with van der Waals surface area (Å²) in [7, 11) is -0.854. The van der Waals surface area contributed by atoms with Crippen molar-refractivity contribution in [1.82, 2.24) is 0 Å². The first-order chi connectivity index (χ1) is 37.7. The van der Waals surface area contributed by atoms with Gasteiger partial charge >= 0.3 is 0 Å². The van der Waals surface area contributed by atoms with Crippen LogP contribution >= 0.6 is 7.26 Å². The van der Waals surface area contributed by atoms with E-state index in [0.717, 1.165) is 0 Å². The first-order valence-electron chi connectivity index (χ1n) is 37.6. The van der Waals surface area contributed by atoms with Crippen LogP contribution in [0.4, 0.5) is 0 Å². The first kappa shape index (κ1) is 76.4. The van der Waals surface area contributed by atoms with Crippen molar-refractivity contribution in [2.45, 2.75) is 458 Å². The van der Waals surface area contributed by atoms with Gasteiger partial charge in [-0.05, 0) is 51.4 Å². The lowest BCUT2D eigenvalue weighted by Gasteiger charge is -2.28. The molecule has 458 valence electrons. The molecule has 0 fully saturated rings. The molecule has 0 bridgehead atoms. The molecule has 0 aromatic rings. The van der Waals surface area contributed by atoms with Crippen LogP contribution in [0.25, 0.3) is 0 Å². The highest BCUT2D eigenvalue weighted by Gasteiger charge is 2.35. The van der Waals surface area contributed by atoms with Crippen LogP contribution in [-0.4, -0.2) is 24.6 Å². The van der Waals surface area contributed by atoms with Crippen LogP contribution in [-0.2, 0) is 0 Å². The van der Waals surface area contributed by atoms with Crippen molar-refractivity contribution in [3.05, 3.63) is 0 Å². The van der Waals surface area contributed by atoms with Gasteiger partial charge in [0.2, 0.25) is 0 Å². The SMILES string of the molecule is CCCCCCCCCCCCCCCCCCC[P+](CCCCCCCCCCCCCCCCCC)(CCCCCCCCCCCCCCCCCCC)CCCCCCCCCCCCCCCCCCC. The zero-order chi connectivity index (χ0) is 54.7. The molecule has 76 heavy (non-hydrogen) atoms. The Labute approximate surface area is 487 Å². The maximum atomic E-state index is 2.34. The Balaban J connectivity index is 4.96. The van der Waals surface area contributed by atoms with Gasteiger partial charge in [-0.3, -0.25) is 0 Å². The molecule has 0 aliphatic carbocycles. The monoisotopic (exact) mass is 1090 g/mol. The van der Waals surface area contributed by atoms with Crippen LogP contribution in [0.3, 0.4) is 0 Å². The third-order valence-electron chi connectivity index (χ3n) is 18.7. The zero-order valence-electron chi connectivity index (χ0n) is 54.7. The van der Waals surface area contributed by atoms with Gasteiger partial charge in [0.1, 0.15) is 0 Å². The smallest absolute Gasteiger partial charge is 0.0594 e. The van der Waals surface area contributed by atoms with E-state index in [9.17, 15) is 0 Å². The van der Waals surface area contributed by atoms with Crippen molar-refractivity contribution in [3.8, 4) is 0 Å². The zero-order valence-corrected chi connectivity index (χ0v) is 55.5. The van der Waals surface area contributed by atoms with Crippen LogP contribution < -0.4 is 0 Å². The van der Waals surface area contributed by atoms with E-state index in [0.29, 0.717) is 0 Å². The molecule has 0 saturated carbocycles. The molecule has 0 aromatic carbocycles. The topological polar surface area (TPSA) is 0 Å². The average molecular weight is 1090 g/mol. The summed E-state index contributed by atoms with van der Waals surface area (Å²) in [5, 5.41) is 0.